The fourth-order valence-corrected chi connectivity index (χ4v) is 3.54. The van der Waals surface area contributed by atoms with Gasteiger partial charge >= 0.3 is 0 Å². The van der Waals surface area contributed by atoms with Crippen molar-refractivity contribution in [2.24, 2.45) is 0 Å². The molecule has 98 valence electrons. The van der Waals surface area contributed by atoms with E-state index in [4.69, 9.17) is 12.2 Å². The van der Waals surface area contributed by atoms with Crippen LogP contribution in [0.4, 0.5) is 5.69 Å². The monoisotopic (exact) mass is 330 g/mol. The summed E-state index contributed by atoms with van der Waals surface area (Å²) in [4.78, 5) is 0.189. The maximum atomic E-state index is 12.0. The zero-order chi connectivity index (χ0) is 13.6. The highest BCUT2D eigenvalue weighted by Crippen LogP contribution is 2.23. The molecule has 18 heavy (non-hydrogen) atoms. The molecule has 4 nitrogen and oxygen atoms in total. The summed E-state index contributed by atoms with van der Waals surface area (Å²) in [5, 5.41) is 0. The van der Waals surface area contributed by atoms with Crippen molar-refractivity contribution in [1.29, 1.82) is 0 Å². The van der Waals surface area contributed by atoms with Gasteiger partial charge in [-0.3, -0.25) is 0 Å². The number of halogens is 1. The molecule has 0 heterocycles. The third-order valence-electron chi connectivity index (χ3n) is 2.29. The van der Waals surface area contributed by atoms with Crippen LogP contribution in [0.1, 0.15) is 19.3 Å². The summed E-state index contributed by atoms with van der Waals surface area (Å²) < 4.78 is 26.9. The number of nitrogens with two attached hydrogens (primary N) is 1. The molecule has 0 aromatic heterocycles. The highest BCUT2D eigenvalue weighted by atomic mass is 79.9. The Morgan fingerprint density at radius 2 is 2.11 bits per heavy atom. The van der Waals surface area contributed by atoms with E-state index < -0.39 is 10.0 Å². The molecule has 6 heteroatoms. The van der Waals surface area contributed by atoms with Gasteiger partial charge in [0.15, 0.2) is 0 Å². The molecule has 0 saturated heterocycles. The number of nitrogens with one attached hydrogen (secondary N) is 1. The minimum atomic E-state index is -3.50. The Bertz CT molecular complexity index is 550. The molecule has 0 spiro atoms. The number of benzene rings is 1. The van der Waals surface area contributed by atoms with Gasteiger partial charge < -0.3 is 5.73 Å². The van der Waals surface area contributed by atoms with Gasteiger partial charge in [0, 0.05) is 23.1 Å². The van der Waals surface area contributed by atoms with Crippen molar-refractivity contribution in [3.05, 3.63) is 22.7 Å². The minimum absolute atomic E-state index is 0.189. The number of nitrogen functional groups attached to an aromatic ring is 1. The Morgan fingerprint density at radius 1 is 1.39 bits per heavy atom. The smallest absolute Gasteiger partial charge is 0.241 e. The lowest BCUT2D eigenvalue weighted by atomic mass is 10.2. The maximum absolute atomic E-state index is 12.0. The van der Waals surface area contributed by atoms with Crippen LogP contribution in [0, 0.1) is 12.3 Å². The van der Waals surface area contributed by atoms with E-state index in [-0.39, 0.29) is 4.90 Å². The zero-order valence-corrected chi connectivity index (χ0v) is 12.2. The summed E-state index contributed by atoms with van der Waals surface area (Å²) in [7, 11) is -3.50. The number of anilines is 1. The van der Waals surface area contributed by atoms with E-state index in [2.05, 4.69) is 26.6 Å². The predicted molar refractivity (Wildman–Crippen MR) is 76.4 cm³/mol. The first kappa shape index (κ1) is 15.0. The standard InChI is InChI=1S/C12H15BrN2O2S/c1-2-3-4-5-8-15-18(16,17)12-7-6-10(14)9-11(12)13/h1,6-7,9,15H,3-5,8,14H2. The Balaban J connectivity index is 2.66. The predicted octanol–water partition coefficient (Wildman–Crippen LogP) is 2.11. The topological polar surface area (TPSA) is 72.2 Å². The Morgan fingerprint density at radius 3 is 2.72 bits per heavy atom. The fraction of sp³-hybridized carbons (Fsp3) is 0.333. The van der Waals surface area contributed by atoms with E-state index in [0.717, 1.165) is 12.8 Å². The first-order valence-electron chi connectivity index (χ1n) is 5.45. The Hall–Kier alpha value is -1.03. The van der Waals surface area contributed by atoms with Crippen LogP contribution in [0.2, 0.25) is 0 Å². The van der Waals surface area contributed by atoms with Gasteiger partial charge in [0.1, 0.15) is 0 Å². The van der Waals surface area contributed by atoms with Crippen LogP contribution >= 0.6 is 15.9 Å². The fourth-order valence-electron chi connectivity index (χ4n) is 1.37. The van der Waals surface area contributed by atoms with E-state index in [1.165, 1.54) is 6.07 Å². The van der Waals surface area contributed by atoms with Crippen LogP contribution in [-0.4, -0.2) is 15.0 Å². The first-order valence-corrected chi connectivity index (χ1v) is 7.73. The van der Waals surface area contributed by atoms with Gasteiger partial charge in [0.05, 0.1) is 4.90 Å². The number of sulfonamides is 1. The van der Waals surface area contributed by atoms with Crippen LogP contribution in [0.5, 0.6) is 0 Å². The summed E-state index contributed by atoms with van der Waals surface area (Å²) in [6, 6.07) is 4.59. The van der Waals surface area contributed by atoms with E-state index in [9.17, 15) is 8.42 Å². The van der Waals surface area contributed by atoms with Crippen molar-refractivity contribution in [2.75, 3.05) is 12.3 Å². The summed E-state index contributed by atoms with van der Waals surface area (Å²) >= 11 is 3.19. The third kappa shape index (κ3) is 4.33. The van der Waals surface area contributed by atoms with Crippen molar-refractivity contribution in [2.45, 2.75) is 24.2 Å². The molecule has 1 aromatic rings. The second kappa shape index (κ2) is 6.78. The second-order valence-corrected chi connectivity index (χ2v) is 6.34. The van der Waals surface area contributed by atoms with Gasteiger partial charge in [-0.15, -0.1) is 12.3 Å². The van der Waals surface area contributed by atoms with Crippen molar-refractivity contribution in [3.63, 3.8) is 0 Å². The van der Waals surface area contributed by atoms with Gasteiger partial charge in [-0.2, -0.15) is 0 Å². The van der Waals surface area contributed by atoms with E-state index in [1.807, 2.05) is 0 Å². The zero-order valence-electron chi connectivity index (χ0n) is 9.82. The molecule has 1 rings (SSSR count). The highest BCUT2D eigenvalue weighted by Gasteiger charge is 2.16. The molecule has 0 unspecified atom stereocenters. The molecule has 3 N–H and O–H groups in total. The van der Waals surface area contributed by atoms with Crippen LogP contribution in [0.15, 0.2) is 27.6 Å². The largest absolute Gasteiger partial charge is 0.399 e. The van der Waals surface area contributed by atoms with Gasteiger partial charge in [-0.05, 0) is 47.0 Å². The molecule has 0 bridgehead atoms. The van der Waals surface area contributed by atoms with E-state index in [0.29, 0.717) is 23.1 Å². The quantitative estimate of drug-likeness (QED) is 0.476. The van der Waals surface area contributed by atoms with Gasteiger partial charge in [-0.1, -0.05) is 0 Å². The summed E-state index contributed by atoms with van der Waals surface area (Å²) in [6.07, 6.45) is 7.30. The van der Waals surface area contributed by atoms with Crippen LogP contribution in [0.3, 0.4) is 0 Å². The molecule has 0 aliphatic carbocycles. The van der Waals surface area contributed by atoms with Crippen molar-refractivity contribution in [3.8, 4) is 12.3 Å². The molecule has 0 aliphatic rings. The highest BCUT2D eigenvalue weighted by molar-refractivity contribution is 9.10. The number of terminal acetylenes is 1. The Labute approximate surface area is 116 Å². The van der Waals surface area contributed by atoms with Crippen molar-refractivity contribution >= 4 is 31.6 Å². The van der Waals surface area contributed by atoms with Gasteiger partial charge in [0.2, 0.25) is 10.0 Å². The van der Waals surface area contributed by atoms with E-state index in [1.54, 1.807) is 12.1 Å². The van der Waals surface area contributed by atoms with E-state index >= 15 is 0 Å². The van der Waals surface area contributed by atoms with Crippen LogP contribution in [0.25, 0.3) is 0 Å². The third-order valence-corrected chi connectivity index (χ3v) is 4.72. The number of hydrogen-bond acceptors (Lipinski definition) is 3. The van der Waals surface area contributed by atoms with Crippen LogP contribution < -0.4 is 10.5 Å². The molecule has 0 fully saturated rings. The van der Waals surface area contributed by atoms with Crippen molar-refractivity contribution in [1.82, 2.24) is 4.72 Å². The summed E-state index contributed by atoms with van der Waals surface area (Å²) in [6.45, 7) is 0.376. The summed E-state index contributed by atoms with van der Waals surface area (Å²) in [5.41, 5.74) is 6.07. The van der Waals surface area contributed by atoms with Gasteiger partial charge in [-0.25, -0.2) is 13.1 Å². The molecule has 0 radical (unpaired) electrons. The molecule has 0 amide bonds. The molecule has 0 saturated carbocycles. The minimum Gasteiger partial charge on any atom is -0.399 e. The molecular formula is C12H15BrN2O2S. The Kier molecular flexibility index (Phi) is 5.66. The number of unbranched alkanes of at least 4 members (excludes halogenated alkanes) is 2. The number of hydrogen-bond donors (Lipinski definition) is 2. The normalized spacial score (nSPS) is 11.1. The van der Waals surface area contributed by atoms with Gasteiger partial charge in [0.25, 0.3) is 0 Å². The first-order chi connectivity index (χ1) is 8.47. The lowest BCUT2D eigenvalue weighted by Crippen LogP contribution is -2.25. The lowest BCUT2D eigenvalue weighted by molar-refractivity contribution is 0.577. The second-order valence-electron chi connectivity index (χ2n) is 3.75. The van der Waals surface area contributed by atoms with Crippen LogP contribution in [-0.2, 0) is 10.0 Å². The molecule has 0 atom stereocenters. The lowest BCUT2D eigenvalue weighted by Gasteiger charge is -2.08. The summed E-state index contributed by atoms with van der Waals surface area (Å²) in [5.74, 6) is 2.51. The molecule has 1 aromatic carbocycles. The average Bonchev–Trinajstić information content (AvgIpc) is 2.28. The SMILES string of the molecule is C#CCCCCNS(=O)(=O)c1ccc(N)cc1Br. The molecule has 0 aliphatic heterocycles. The number of rotatable bonds is 6. The van der Waals surface area contributed by atoms with Crippen molar-refractivity contribution < 1.29 is 8.42 Å². The average molecular weight is 331 g/mol. The maximum Gasteiger partial charge on any atom is 0.241 e. The molecular weight excluding hydrogens is 316 g/mol.